The maximum absolute atomic E-state index is 11.6. The van der Waals surface area contributed by atoms with E-state index in [-0.39, 0.29) is 0 Å². The van der Waals surface area contributed by atoms with Gasteiger partial charge in [-0.2, -0.15) is 0 Å². The van der Waals surface area contributed by atoms with Gasteiger partial charge in [-0.1, -0.05) is 16.7 Å². The number of benzene rings is 1. The molecule has 90 valence electrons. The third-order valence-corrected chi connectivity index (χ3v) is 3.07. The van der Waals surface area contributed by atoms with Crippen LogP contribution in [0.15, 0.2) is 30.5 Å². The highest BCUT2D eigenvalue weighted by atomic mass is 32.2. The molecule has 1 aliphatic heterocycles. The number of carbonyl (C=O) groups excluding carboxylic acids is 1. The molecule has 1 aromatic rings. The van der Waals surface area contributed by atoms with E-state index in [1.807, 2.05) is 0 Å². The molecule has 0 aliphatic carbocycles. The molecular weight excluding hydrogens is 242 g/mol. The van der Waals surface area contributed by atoms with E-state index in [1.54, 1.807) is 30.3 Å². The van der Waals surface area contributed by atoms with Crippen molar-refractivity contribution in [2.75, 3.05) is 6.26 Å². The number of rotatable bonds is 2. The molecule has 6 nitrogen and oxygen atoms in total. The molecule has 0 saturated heterocycles. The number of hydrogen-bond donors (Lipinski definition) is 2. The Labute approximate surface area is 98.9 Å². The summed E-state index contributed by atoms with van der Waals surface area (Å²) in [5.74, 6) is 0. The van der Waals surface area contributed by atoms with E-state index in [4.69, 9.17) is 5.73 Å². The van der Waals surface area contributed by atoms with Crippen molar-refractivity contribution in [1.82, 2.24) is 9.42 Å². The zero-order chi connectivity index (χ0) is 12.7. The van der Waals surface area contributed by atoms with Crippen LogP contribution < -0.4 is 15.2 Å². The number of nitrogens with zero attached hydrogens (tertiary/aromatic N) is 1. The number of amides is 2. The second kappa shape index (κ2) is 3.66. The van der Waals surface area contributed by atoms with Crippen LogP contribution in [0.4, 0.5) is 10.5 Å². The van der Waals surface area contributed by atoms with Crippen LogP contribution in [0, 0.1) is 0 Å². The Morgan fingerprint density at radius 2 is 2.00 bits per heavy atom. The first-order chi connectivity index (χ1) is 7.85. The molecule has 0 aromatic heterocycles. The van der Waals surface area contributed by atoms with Gasteiger partial charge in [0.1, 0.15) is 6.20 Å². The zero-order valence-electron chi connectivity index (χ0n) is 9.12. The number of fused-ring (bicyclic) bond motifs is 1. The molecular formula is C10H12N3O3S+. The van der Waals surface area contributed by atoms with Gasteiger partial charge in [-0.3, -0.25) is 0 Å². The van der Waals surface area contributed by atoms with Crippen LogP contribution in [0.25, 0.3) is 6.08 Å². The maximum atomic E-state index is 11.6. The zero-order valence-corrected chi connectivity index (χ0v) is 9.94. The van der Waals surface area contributed by atoms with Gasteiger partial charge in [0.15, 0.2) is 5.69 Å². The molecule has 3 N–H and O–H groups in total. The van der Waals surface area contributed by atoms with Crippen LogP contribution >= 0.6 is 0 Å². The minimum Gasteiger partial charge on any atom is -0.317 e. The Hall–Kier alpha value is -1.70. The predicted molar refractivity (Wildman–Crippen MR) is 64.8 cm³/mol. The molecule has 0 bridgehead atoms. The Balaban J connectivity index is 2.61. The number of nitrogens with two attached hydrogens (primary N) is 1. The highest BCUT2D eigenvalue weighted by Crippen LogP contribution is 2.33. The first-order valence-corrected chi connectivity index (χ1v) is 6.71. The van der Waals surface area contributed by atoms with Crippen molar-refractivity contribution in [2.45, 2.75) is 0 Å². The minimum absolute atomic E-state index is 0.491. The van der Waals surface area contributed by atoms with Gasteiger partial charge in [-0.25, -0.2) is 13.2 Å². The van der Waals surface area contributed by atoms with Gasteiger partial charge in [-0.15, -0.1) is 0 Å². The van der Waals surface area contributed by atoms with Crippen molar-refractivity contribution in [3.8, 4) is 0 Å². The van der Waals surface area contributed by atoms with Crippen molar-refractivity contribution in [1.29, 1.82) is 0 Å². The average Bonchev–Trinajstić information content (AvgIpc) is 2.57. The molecule has 1 aromatic carbocycles. The molecule has 0 fully saturated rings. The average molecular weight is 254 g/mol. The molecule has 0 saturated carbocycles. The second-order valence-electron chi connectivity index (χ2n) is 3.80. The molecule has 17 heavy (non-hydrogen) atoms. The van der Waals surface area contributed by atoms with Crippen molar-refractivity contribution in [3.63, 3.8) is 0 Å². The highest BCUT2D eigenvalue weighted by molar-refractivity contribution is 7.88. The van der Waals surface area contributed by atoms with Gasteiger partial charge < -0.3 is 5.73 Å². The van der Waals surface area contributed by atoms with Gasteiger partial charge in [0.25, 0.3) is 10.0 Å². The predicted octanol–water partition coefficient (Wildman–Crippen LogP) is 0.521. The number of hydrogen-bond acceptors (Lipinski definition) is 3. The number of urea groups is 1. The van der Waals surface area contributed by atoms with E-state index in [0.717, 1.165) is 11.8 Å². The van der Waals surface area contributed by atoms with Crippen molar-refractivity contribution < 1.29 is 13.2 Å². The van der Waals surface area contributed by atoms with Crippen LogP contribution in [-0.2, 0) is 10.0 Å². The molecule has 0 spiro atoms. The fourth-order valence-electron chi connectivity index (χ4n) is 1.80. The minimum atomic E-state index is -3.58. The summed E-state index contributed by atoms with van der Waals surface area (Å²) in [7, 11) is -3.58. The number of primary amides is 1. The summed E-state index contributed by atoms with van der Waals surface area (Å²) < 4.78 is 22.0. The second-order valence-corrected chi connectivity index (χ2v) is 5.53. The summed E-state index contributed by atoms with van der Waals surface area (Å²) in [5.41, 5.74) is 6.55. The summed E-state index contributed by atoms with van der Waals surface area (Å²) >= 11 is 0. The van der Waals surface area contributed by atoms with Crippen LogP contribution in [0.5, 0.6) is 0 Å². The quantitative estimate of drug-likeness (QED) is 0.754. The van der Waals surface area contributed by atoms with Crippen LogP contribution in [-0.4, -0.2) is 20.7 Å². The monoisotopic (exact) mass is 254 g/mol. The number of quaternary nitrogens is 1. The summed E-state index contributed by atoms with van der Waals surface area (Å²) in [6.45, 7) is 0. The van der Waals surface area contributed by atoms with Gasteiger partial charge in [0.05, 0.1) is 6.26 Å². The fraction of sp³-hybridized carbons (Fsp3) is 0.100. The van der Waals surface area contributed by atoms with Crippen LogP contribution in [0.2, 0.25) is 0 Å². The number of carbonyl (C=O) groups is 1. The van der Waals surface area contributed by atoms with Crippen LogP contribution in [0.3, 0.4) is 0 Å². The smallest absolute Gasteiger partial charge is 0.317 e. The molecule has 2 rings (SSSR count). The summed E-state index contributed by atoms with van der Waals surface area (Å²) in [4.78, 5) is 13.8. The van der Waals surface area contributed by atoms with E-state index in [1.165, 1.54) is 6.20 Å². The normalized spacial score (nSPS) is 22.4. The SMILES string of the molecule is CS(=O)(=O)N[N+]1(C(N)=O)C=Cc2ccccc21. The van der Waals surface area contributed by atoms with Crippen molar-refractivity contribution >= 4 is 27.8 Å². The summed E-state index contributed by atoms with van der Waals surface area (Å²) in [6, 6.07) is 6.13. The van der Waals surface area contributed by atoms with Gasteiger partial charge in [0.2, 0.25) is 0 Å². The third kappa shape index (κ3) is 1.95. The van der Waals surface area contributed by atoms with E-state index < -0.39 is 20.6 Å². The number of sulfonamides is 1. The highest BCUT2D eigenvalue weighted by Gasteiger charge is 2.44. The van der Waals surface area contributed by atoms with E-state index in [0.29, 0.717) is 5.69 Å². The van der Waals surface area contributed by atoms with E-state index in [2.05, 4.69) is 4.83 Å². The Kier molecular flexibility index (Phi) is 2.53. The lowest BCUT2D eigenvalue weighted by Crippen LogP contribution is -2.62. The molecule has 2 amide bonds. The van der Waals surface area contributed by atoms with E-state index in [9.17, 15) is 13.2 Å². The lowest BCUT2D eigenvalue weighted by atomic mass is 10.2. The molecule has 1 unspecified atom stereocenters. The summed E-state index contributed by atoms with van der Waals surface area (Å²) in [5, 5.41) is 0. The Morgan fingerprint density at radius 1 is 1.35 bits per heavy atom. The maximum Gasteiger partial charge on any atom is 0.444 e. The summed E-state index contributed by atoms with van der Waals surface area (Å²) in [6.07, 6.45) is 4.04. The Bertz CT molecular complexity index is 609. The van der Waals surface area contributed by atoms with Crippen molar-refractivity contribution in [2.24, 2.45) is 5.73 Å². The van der Waals surface area contributed by atoms with Gasteiger partial charge in [0, 0.05) is 17.7 Å². The lowest BCUT2D eigenvalue weighted by molar-refractivity contribution is 0.220. The Morgan fingerprint density at radius 3 is 2.59 bits per heavy atom. The molecule has 1 atom stereocenters. The topological polar surface area (TPSA) is 89.3 Å². The molecule has 1 aliphatic rings. The number of nitrogens with one attached hydrogen (secondary N) is 1. The first kappa shape index (κ1) is 11.8. The van der Waals surface area contributed by atoms with E-state index >= 15 is 0 Å². The molecule has 7 heteroatoms. The van der Waals surface area contributed by atoms with Crippen LogP contribution in [0.1, 0.15) is 5.56 Å². The molecule has 0 radical (unpaired) electrons. The third-order valence-electron chi connectivity index (χ3n) is 2.45. The lowest BCUT2D eigenvalue weighted by Gasteiger charge is -2.25. The largest absolute Gasteiger partial charge is 0.444 e. The first-order valence-electron chi connectivity index (χ1n) is 4.82. The number of para-hydroxylation sites is 1. The van der Waals surface area contributed by atoms with Gasteiger partial charge >= 0.3 is 6.03 Å². The van der Waals surface area contributed by atoms with Gasteiger partial charge in [-0.05, 0) is 10.9 Å². The fourth-order valence-corrected chi connectivity index (χ4v) is 2.57. The van der Waals surface area contributed by atoms with Crippen molar-refractivity contribution in [3.05, 3.63) is 36.0 Å². The standard InChI is InChI=1S/C10H11N3O3S/c1-17(15,16)12-13(10(11)14)7-6-8-4-2-3-5-9(8)13/h2-7,12H,1H3,(H-,11,14)/p+1. The molecule has 1 heterocycles.